The van der Waals surface area contributed by atoms with Crippen LogP contribution in [0.4, 0.5) is 5.69 Å². The van der Waals surface area contributed by atoms with Gasteiger partial charge in [0.1, 0.15) is 11.4 Å². The van der Waals surface area contributed by atoms with Crippen molar-refractivity contribution in [1.82, 2.24) is 14.8 Å². The summed E-state index contributed by atoms with van der Waals surface area (Å²) < 4.78 is 2.45. The highest BCUT2D eigenvalue weighted by Gasteiger charge is 2.28. The number of rotatable bonds is 3. The average Bonchev–Trinajstić information content (AvgIpc) is 3.13. The molecule has 1 fully saturated rings. The summed E-state index contributed by atoms with van der Waals surface area (Å²) in [6.45, 7) is 0. The lowest BCUT2D eigenvalue weighted by Crippen LogP contribution is -1.97. The van der Waals surface area contributed by atoms with Crippen molar-refractivity contribution in [2.45, 2.75) is 18.9 Å². The normalized spacial score (nSPS) is 14.7. The monoisotopic (exact) mass is 262 g/mol. The number of phenols is 1. The van der Waals surface area contributed by atoms with Crippen LogP contribution in [0.3, 0.4) is 0 Å². The third-order valence-electron chi connectivity index (χ3n) is 2.94. The highest BCUT2D eigenvalue weighted by atomic mass is 32.1. The first-order valence-corrected chi connectivity index (χ1v) is 5.95. The van der Waals surface area contributed by atoms with Gasteiger partial charge < -0.3 is 5.11 Å². The Labute approximate surface area is 107 Å². The van der Waals surface area contributed by atoms with Gasteiger partial charge in [-0.2, -0.15) is 5.10 Å². The zero-order valence-corrected chi connectivity index (χ0v) is 10.1. The Balaban J connectivity index is 2.15. The summed E-state index contributed by atoms with van der Waals surface area (Å²) in [5.41, 5.74) is 0.727. The molecule has 1 aromatic carbocycles. The molecule has 2 N–H and O–H groups in total. The van der Waals surface area contributed by atoms with Crippen LogP contribution in [-0.2, 0) is 0 Å². The number of benzene rings is 1. The maximum Gasteiger partial charge on any atom is 0.195 e. The van der Waals surface area contributed by atoms with E-state index in [4.69, 9.17) is 12.2 Å². The average molecular weight is 262 g/mol. The Hall–Kier alpha value is -2.02. The lowest BCUT2D eigenvalue weighted by atomic mass is 10.1. The first-order valence-electron chi connectivity index (χ1n) is 5.54. The minimum absolute atomic E-state index is 0.0250. The second-order valence-corrected chi connectivity index (χ2v) is 4.63. The molecule has 6 nitrogen and oxygen atoms in total. The number of nitroso groups, excluding NO2 is 1. The van der Waals surface area contributed by atoms with Gasteiger partial charge in [0.15, 0.2) is 10.6 Å². The molecule has 7 heteroatoms. The fraction of sp³-hybridized carbons (Fsp3) is 0.273. The number of phenolic OH excluding ortho intramolecular Hbond substituents is 1. The van der Waals surface area contributed by atoms with Gasteiger partial charge in [0.05, 0.1) is 5.56 Å². The van der Waals surface area contributed by atoms with Crippen LogP contribution in [-0.4, -0.2) is 19.9 Å². The Kier molecular flexibility index (Phi) is 2.48. The molecular formula is C11H10N4O2S. The zero-order valence-electron chi connectivity index (χ0n) is 9.33. The van der Waals surface area contributed by atoms with Gasteiger partial charge in [0.25, 0.3) is 0 Å². The first-order chi connectivity index (χ1) is 8.70. The van der Waals surface area contributed by atoms with Crippen LogP contribution in [0, 0.1) is 9.68 Å². The van der Waals surface area contributed by atoms with Crippen molar-refractivity contribution in [1.29, 1.82) is 0 Å². The van der Waals surface area contributed by atoms with E-state index in [1.807, 2.05) is 4.57 Å². The summed E-state index contributed by atoms with van der Waals surface area (Å²) in [5.74, 6) is 0.570. The van der Waals surface area contributed by atoms with E-state index in [1.54, 1.807) is 6.07 Å². The maximum atomic E-state index is 10.4. The van der Waals surface area contributed by atoms with Crippen LogP contribution in [0.25, 0.3) is 11.4 Å². The zero-order chi connectivity index (χ0) is 12.7. The lowest BCUT2D eigenvalue weighted by molar-refractivity contribution is 0.476. The number of nitrogens with one attached hydrogen (secondary N) is 1. The van der Waals surface area contributed by atoms with Gasteiger partial charge in [-0.3, -0.25) is 9.67 Å². The Bertz CT molecular complexity index is 672. The van der Waals surface area contributed by atoms with Crippen LogP contribution >= 0.6 is 12.2 Å². The Morgan fingerprint density at radius 1 is 1.50 bits per heavy atom. The molecule has 0 aliphatic heterocycles. The van der Waals surface area contributed by atoms with Crippen molar-refractivity contribution in [2.75, 3.05) is 0 Å². The van der Waals surface area contributed by atoms with Crippen molar-refractivity contribution in [3.63, 3.8) is 0 Å². The smallest absolute Gasteiger partial charge is 0.195 e. The molecule has 0 atom stereocenters. The van der Waals surface area contributed by atoms with E-state index in [0.717, 1.165) is 12.8 Å². The molecule has 1 aliphatic rings. The van der Waals surface area contributed by atoms with E-state index in [0.29, 0.717) is 22.2 Å². The van der Waals surface area contributed by atoms with E-state index in [9.17, 15) is 10.0 Å². The van der Waals surface area contributed by atoms with Crippen LogP contribution in [0.2, 0.25) is 0 Å². The second-order valence-electron chi connectivity index (χ2n) is 4.25. The number of hydrogen-bond donors (Lipinski definition) is 2. The van der Waals surface area contributed by atoms with E-state index < -0.39 is 0 Å². The minimum atomic E-state index is -0.0250. The van der Waals surface area contributed by atoms with E-state index in [2.05, 4.69) is 15.4 Å². The number of aromatic amines is 1. The second kappa shape index (κ2) is 4.02. The third-order valence-corrected chi connectivity index (χ3v) is 3.23. The summed E-state index contributed by atoms with van der Waals surface area (Å²) in [7, 11) is 0. The fourth-order valence-corrected chi connectivity index (χ4v) is 2.21. The van der Waals surface area contributed by atoms with Gasteiger partial charge in [0.2, 0.25) is 0 Å². The highest BCUT2D eigenvalue weighted by Crippen LogP contribution is 2.40. The standard InChI is InChI=1S/C11H10N4O2S/c16-9-5-6(14-17)1-4-8(9)10-12-13-11(18)15(10)7-2-3-7/h1,4-5,7,16H,2-3H2,(H,13,18). The number of hydrogen-bond acceptors (Lipinski definition) is 5. The third kappa shape index (κ3) is 1.72. The maximum absolute atomic E-state index is 10.4. The van der Waals surface area contributed by atoms with Crippen molar-refractivity contribution in [2.24, 2.45) is 5.18 Å². The van der Waals surface area contributed by atoms with Crippen molar-refractivity contribution in [3.8, 4) is 17.1 Å². The predicted octanol–water partition coefficient (Wildman–Crippen LogP) is 3.05. The van der Waals surface area contributed by atoms with Crippen LogP contribution in [0.15, 0.2) is 23.4 Å². The summed E-state index contributed by atoms with van der Waals surface area (Å²) in [5, 5.41) is 19.6. The summed E-state index contributed by atoms with van der Waals surface area (Å²) in [4.78, 5) is 10.4. The van der Waals surface area contributed by atoms with Gasteiger partial charge in [-0.15, -0.1) is 4.91 Å². The molecule has 3 rings (SSSR count). The molecule has 18 heavy (non-hydrogen) atoms. The molecule has 0 amide bonds. The van der Waals surface area contributed by atoms with Gasteiger partial charge in [0, 0.05) is 12.1 Å². The van der Waals surface area contributed by atoms with E-state index >= 15 is 0 Å². The molecule has 0 saturated heterocycles. The quantitative estimate of drug-likeness (QED) is 0.657. The molecule has 1 aromatic heterocycles. The molecule has 1 aliphatic carbocycles. The Morgan fingerprint density at radius 2 is 2.28 bits per heavy atom. The molecule has 92 valence electrons. The van der Waals surface area contributed by atoms with Gasteiger partial charge in [-0.25, -0.2) is 0 Å². The molecule has 2 aromatic rings. The highest BCUT2D eigenvalue weighted by molar-refractivity contribution is 7.71. The van der Waals surface area contributed by atoms with Crippen LogP contribution < -0.4 is 0 Å². The largest absolute Gasteiger partial charge is 0.507 e. The fourth-order valence-electron chi connectivity index (χ4n) is 1.93. The first kappa shape index (κ1) is 11.1. The molecule has 1 heterocycles. The number of aromatic hydroxyl groups is 1. The molecule has 1 saturated carbocycles. The summed E-state index contributed by atoms with van der Waals surface area (Å²) in [6.07, 6.45) is 2.13. The van der Waals surface area contributed by atoms with E-state index in [-0.39, 0.29) is 11.4 Å². The Morgan fingerprint density at radius 3 is 2.89 bits per heavy atom. The van der Waals surface area contributed by atoms with Crippen molar-refractivity contribution in [3.05, 3.63) is 27.9 Å². The molecule has 0 bridgehead atoms. The predicted molar refractivity (Wildman–Crippen MR) is 68.2 cm³/mol. The van der Waals surface area contributed by atoms with Crippen LogP contribution in [0.1, 0.15) is 18.9 Å². The summed E-state index contributed by atoms with van der Waals surface area (Å²) in [6, 6.07) is 4.83. The van der Waals surface area contributed by atoms with Gasteiger partial charge >= 0.3 is 0 Å². The lowest BCUT2D eigenvalue weighted by Gasteiger charge is -2.06. The topological polar surface area (TPSA) is 83.3 Å². The van der Waals surface area contributed by atoms with Gasteiger partial charge in [-0.1, -0.05) is 0 Å². The summed E-state index contributed by atoms with van der Waals surface area (Å²) >= 11 is 5.18. The van der Waals surface area contributed by atoms with Gasteiger partial charge in [-0.05, 0) is 42.4 Å². The molecule has 0 radical (unpaired) electrons. The number of nitrogens with zero attached hydrogens (tertiary/aromatic N) is 3. The number of aromatic nitrogens is 3. The van der Waals surface area contributed by atoms with E-state index in [1.165, 1.54) is 12.1 Å². The van der Waals surface area contributed by atoms with Crippen LogP contribution in [0.5, 0.6) is 5.75 Å². The molecular weight excluding hydrogens is 252 g/mol. The minimum Gasteiger partial charge on any atom is -0.507 e. The molecule has 0 spiro atoms. The SMILES string of the molecule is O=Nc1ccc(-c2n[nH]c(=S)n2C2CC2)c(O)c1. The molecule has 0 unspecified atom stereocenters. The van der Waals surface area contributed by atoms with Crippen molar-refractivity contribution < 1.29 is 5.11 Å². The van der Waals surface area contributed by atoms with Crippen molar-refractivity contribution >= 4 is 17.9 Å². The number of H-pyrrole nitrogens is 1.